The summed E-state index contributed by atoms with van der Waals surface area (Å²) in [6.07, 6.45) is -0.935. The standard InChI is InChI=1S/C18H20ClNO3/c19-12-17(21)16(11-14-7-3-1-4-8-14)20-18(22)23-13-15-9-5-2-6-10-15/h1-10,16-17,21H,11-13H2,(H,20,22)/t16-,17-/m1/s1. The van der Waals surface area contributed by atoms with Crippen LogP contribution in [0.25, 0.3) is 0 Å². The number of hydrogen-bond donors (Lipinski definition) is 2. The number of carbonyl (C=O) groups is 1. The Morgan fingerprint density at radius 2 is 1.61 bits per heavy atom. The highest BCUT2D eigenvalue weighted by atomic mass is 35.5. The predicted octanol–water partition coefficient (Wildman–Crippen LogP) is 3.12. The number of alkyl halides is 1. The first kappa shape index (κ1) is 17.3. The molecular weight excluding hydrogens is 314 g/mol. The number of hydrogen-bond acceptors (Lipinski definition) is 3. The molecular formula is C18H20ClNO3. The van der Waals surface area contributed by atoms with Crippen molar-refractivity contribution in [3.05, 3.63) is 71.8 Å². The monoisotopic (exact) mass is 333 g/mol. The number of nitrogens with one attached hydrogen (secondary N) is 1. The maximum absolute atomic E-state index is 11.9. The highest BCUT2D eigenvalue weighted by Gasteiger charge is 2.21. The van der Waals surface area contributed by atoms with Gasteiger partial charge in [0.25, 0.3) is 0 Å². The molecule has 4 nitrogen and oxygen atoms in total. The van der Waals surface area contributed by atoms with Crippen LogP contribution in [0.5, 0.6) is 0 Å². The van der Waals surface area contributed by atoms with Gasteiger partial charge >= 0.3 is 6.09 Å². The van der Waals surface area contributed by atoms with Crippen molar-refractivity contribution < 1.29 is 14.6 Å². The number of aliphatic hydroxyl groups excluding tert-OH is 1. The average molecular weight is 334 g/mol. The zero-order valence-corrected chi connectivity index (χ0v) is 13.4. The maximum atomic E-state index is 11.9. The number of benzene rings is 2. The van der Waals surface area contributed by atoms with Crippen LogP contribution >= 0.6 is 11.6 Å². The summed E-state index contributed by atoms with van der Waals surface area (Å²) in [5.41, 5.74) is 1.91. The Hall–Kier alpha value is -2.04. The number of halogens is 1. The fraction of sp³-hybridized carbons (Fsp3) is 0.278. The van der Waals surface area contributed by atoms with Crippen LogP contribution in [0.4, 0.5) is 4.79 Å². The van der Waals surface area contributed by atoms with Crippen molar-refractivity contribution in [2.75, 3.05) is 5.88 Å². The Balaban J connectivity index is 1.90. The lowest BCUT2D eigenvalue weighted by Crippen LogP contribution is -2.45. The first-order chi connectivity index (χ1) is 11.2. The predicted molar refractivity (Wildman–Crippen MR) is 90.4 cm³/mol. The van der Waals surface area contributed by atoms with Gasteiger partial charge in [-0.1, -0.05) is 60.7 Å². The molecule has 0 aromatic heterocycles. The second kappa shape index (κ2) is 9.18. The normalized spacial score (nSPS) is 13.1. The molecule has 122 valence electrons. The topological polar surface area (TPSA) is 58.6 Å². The van der Waals surface area contributed by atoms with E-state index in [1.54, 1.807) is 0 Å². The summed E-state index contributed by atoms with van der Waals surface area (Å²) in [6.45, 7) is 0.182. The molecule has 0 fully saturated rings. The highest BCUT2D eigenvalue weighted by Crippen LogP contribution is 2.08. The lowest BCUT2D eigenvalue weighted by Gasteiger charge is -2.22. The molecule has 0 saturated carbocycles. The molecule has 23 heavy (non-hydrogen) atoms. The first-order valence-corrected chi connectivity index (χ1v) is 7.97. The summed E-state index contributed by atoms with van der Waals surface area (Å²) in [6, 6.07) is 18.5. The van der Waals surface area contributed by atoms with Crippen LogP contribution in [0.3, 0.4) is 0 Å². The number of carbonyl (C=O) groups excluding carboxylic acids is 1. The van der Waals surface area contributed by atoms with Crippen LogP contribution in [-0.2, 0) is 17.8 Å². The van der Waals surface area contributed by atoms with Crippen molar-refractivity contribution in [1.82, 2.24) is 5.32 Å². The van der Waals surface area contributed by atoms with Gasteiger partial charge in [0.1, 0.15) is 6.61 Å². The van der Waals surface area contributed by atoms with Crippen LogP contribution in [-0.4, -0.2) is 29.2 Å². The van der Waals surface area contributed by atoms with Gasteiger partial charge in [0.2, 0.25) is 0 Å². The quantitative estimate of drug-likeness (QED) is 0.765. The van der Waals surface area contributed by atoms with Gasteiger partial charge in [-0.05, 0) is 17.5 Å². The average Bonchev–Trinajstić information content (AvgIpc) is 2.60. The molecule has 0 spiro atoms. The second-order valence-electron chi connectivity index (χ2n) is 5.22. The van der Waals surface area contributed by atoms with Crippen LogP contribution in [0.15, 0.2) is 60.7 Å². The molecule has 2 N–H and O–H groups in total. The molecule has 0 aliphatic rings. The Bertz CT molecular complexity index is 592. The molecule has 1 amide bonds. The summed E-state index contributed by atoms with van der Waals surface area (Å²) in [4.78, 5) is 11.9. The molecule has 0 bridgehead atoms. The molecule has 2 atom stereocenters. The van der Waals surface area contributed by atoms with Crippen molar-refractivity contribution >= 4 is 17.7 Å². The van der Waals surface area contributed by atoms with Gasteiger partial charge in [-0.2, -0.15) is 0 Å². The van der Waals surface area contributed by atoms with Crippen LogP contribution < -0.4 is 5.32 Å². The zero-order chi connectivity index (χ0) is 16.5. The number of amides is 1. The summed E-state index contributed by atoms with van der Waals surface area (Å²) in [5.74, 6) is 0.0382. The first-order valence-electron chi connectivity index (χ1n) is 7.44. The van der Waals surface area contributed by atoms with E-state index < -0.39 is 18.2 Å². The van der Waals surface area contributed by atoms with E-state index in [9.17, 15) is 9.90 Å². The van der Waals surface area contributed by atoms with Crippen LogP contribution in [0.2, 0.25) is 0 Å². The van der Waals surface area contributed by atoms with Crippen LogP contribution in [0.1, 0.15) is 11.1 Å². The van der Waals surface area contributed by atoms with Gasteiger partial charge in [0.05, 0.1) is 18.0 Å². The third-order valence-electron chi connectivity index (χ3n) is 3.44. The minimum absolute atomic E-state index is 0.0382. The highest BCUT2D eigenvalue weighted by molar-refractivity contribution is 6.18. The fourth-order valence-electron chi connectivity index (χ4n) is 2.17. The Labute approximate surface area is 141 Å². The van der Waals surface area contributed by atoms with Crippen molar-refractivity contribution in [1.29, 1.82) is 0 Å². The number of alkyl carbamates (subject to hydrolysis) is 1. The lowest BCUT2D eigenvalue weighted by molar-refractivity contribution is 0.110. The van der Waals surface area contributed by atoms with E-state index in [0.29, 0.717) is 6.42 Å². The number of aliphatic hydroxyl groups is 1. The van der Waals surface area contributed by atoms with Crippen molar-refractivity contribution in [3.8, 4) is 0 Å². The maximum Gasteiger partial charge on any atom is 0.407 e. The van der Waals surface area contributed by atoms with E-state index in [2.05, 4.69) is 5.32 Å². The molecule has 2 aromatic carbocycles. The largest absolute Gasteiger partial charge is 0.445 e. The van der Waals surface area contributed by atoms with E-state index in [4.69, 9.17) is 16.3 Å². The van der Waals surface area contributed by atoms with E-state index in [-0.39, 0.29) is 12.5 Å². The van der Waals surface area contributed by atoms with Crippen molar-refractivity contribution in [2.24, 2.45) is 0 Å². The smallest absolute Gasteiger partial charge is 0.407 e. The molecule has 0 aliphatic heterocycles. The van der Waals surface area contributed by atoms with Crippen molar-refractivity contribution in [2.45, 2.75) is 25.2 Å². The molecule has 5 heteroatoms. The third-order valence-corrected chi connectivity index (χ3v) is 3.75. The second-order valence-corrected chi connectivity index (χ2v) is 5.53. The summed E-state index contributed by atoms with van der Waals surface area (Å²) >= 11 is 5.73. The summed E-state index contributed by atoms with van der Waals surface area (Å²) < 4.78 is 5.19. The van der Waals surface area contributed by atoms with Gasteiger partial charge in [-0.25, -0.2) is 4.79 Å². The lowest BCUT2D eigenvalue weighted by atomic mass is 10.0. The Morgan fingerprint density at radius 1 is 1.04 bits per heavy atom. The Kier molecular flexibility index (Phi) is 6.91. The number of ether oxygens (including phenoxy) is 1. The SMILES string of the molecule is O=C(N[C@H](Cc1ccccc1)[C@H](O)CCl)OCc1ccccc1. The van der Waals surface area contributed by atoms with E-state index in [0.717, 1.165) is 11.1 Å². The number of rotatable bonds is 7. The van der Waals surface area contributed by atoms with Gasteiger partial charge in [0.15, 0.2) is 0 Å². The summed E-state index contributed by atoms with van der Waals surface area (Å²) in [7, 11) is 0. The molecule has 0 aliphatic carbocycles. The van der Waals surface area contributed by atoms with Gasteiger partial charge in [-0.15, -0.1) is 11.6 Å². The summed E-state index contributed by atoms with van der Waals surface area (Å²) in [5, 5.41) is 12.7. The molecule has 2 aromatic rings. The molecule has 0 radical (unpaired) electrons. The van der Waals surface area contributed by atoms with E-state index in [1.807, 2.05) is 60.7 Å². The third kappa shape index (κ3) is 5.93. The molecule has 2 rings (SSSR count). The van der Waals surface area contributed by atoms with Gasteiger partial charge in [-0.3, -0.25) is 0 Å². The molecule has 0 saturated heterocycles. The van der Waals surface area contributed by atoms with Crippen molar-refractivity contribution in [3.63, 3.8) is 0 Å². The molecule has 0 heterocycles. The van der Waals surface area contributed by atoms with Gasteiger partial charge in [0, 0.05) is 0 Å². The van der Waals surface area contributed by atoms with Crippen LogP contribution in [0, 0.1) is 0 Å². The van der Waals surface area contributed by atoms with E-state index in [1.165, 1.54) is 0 Å². The minimum Gasteiger partial charge on any atom is -0.445 e. The fourth-order valence-corrected chi connectivity index (χ4v) is 2.39. The zero-order valence-electron chi connectivity index (χ0n) is 12.7. The molecule has 0 unspecified atom stereocenters. The minimum atomic E-state index is -0.846. The van der Waals surface area contributed by atoms with Gasteiger partial charge < -0.3 is 15.2 Å². The van der Waals surface area contributed by atoms with E-state index >= 15 is 0 Å². The Morgan fingerprint density at radius 3 is 2.17 bits per heavy atom.